The molecule has 0 aromatic carbocycles. The van der Waals surface area contributed by atoms with Gasteiger partial charge in [0.05, 0.1) is 23.8 Å². The van der Waals surface area contributed by atoms with Gasteiger partial charge in [0.2, 0.25) is 0 Å². The molecule has 7 heteroatoms. The summed E-state index contributed by atoms with van der Waals surface area (Å²) >= 11 is 0. The predicted octanol–water partition coefficient (Wildman–Crippen LogP) is 0.818. The van der Waals surface area contributed by atoms with E-state index in [4.69, 9.17) is 0 Å². The van der Waals surface area contributed by atoms with Crippen LogP contribution in [0.15, 0.2) is 12.4 Å². The average molecular weight is 220 g/mol. The molecule has 84 valence electrons. The molecule has 0 unspecified atom stereocenters. The van der Waals surface area contributed by atoms with Gasteiger partial charge in [0.15, 0.2) is 0 Å². The lowest BCUT2D eigenvalue weighted by Gasteiger charge is -2.02. The fourth-order valence-corrected chi connectivity index (χ4v) is 1.46. The van der Waals surface area contributed by atoms with Crippen LogP contribution in [0.4, 0.5) is 4.79 Å². The molecule has 0 atom stereocenters. The summed E-state index contributed by atoms with van der Waals surface area (Å²) < 4.78 is 2.34. The van der Waals surface area contributed by atoms with E-state index in [0.29, 0.717) is 0 Å². The molecular formula is C9H12N6O. The van der Waals surface area contributed by atoms with Gasteiger partial charge >= 0.3 is 6.03 Å². The van der Waals surface area contributed by atoms with Crippen LogP contribution in [-0.2, 0) is 0 Å². The first kappa shape index (κ1) is 10.5. The summed E-state index contributed by atoms with van der Waals surface area (Å²) in [6.45, 7) is 5.81. The summed E-state index contributed by atoms with van der Waals surface area (Å²) in [4.78, 5) is 11.9. The lowest BCUT2D eigenvalue weighted by molar-refractivity contribution is 0.236. The van der Waals surface area contributed by atoms with Gasteiger partial charge in [0.1, 0.15) is 0 Å². The second-order valence-electron chi connectivity index (χ2n) is 3.76. The lowest BCUT2D eigenvalue weighted by Crippen LogP contribution is -2.22. The van der Waals surface area contributed by atoms with Crippen LogP contribution in [0.25, 0.3) is 0 Å². The van der Waals surface area contributed by atoms with Crippen LogP contribution in [0.2, 0.25) is 0 Å². The first-order valence-corrected chi connectivity index (χ1v) is 4.94. The maximum absolute atomic E-state index is 11.9. The minimum absolute atomic E-state index is 0.234. The van der Waals surface area contributed by atoms with Gasteiger partial charge in [-0.15, -0.1) is 10.2 Å². The van der Waals surface area contributed by atoms with E-state index in [9.17, 15) is 4.79 Å². The summed E-state index contributed by atoms with van der Waals surface area (Å²) in [5.74, 6) is 0.234. The summed E-state index contributed by atoms with van der Waals surface area (Å²) in [6, 6.07) is -0.380. The molecule has 16 heavy (non-hydrogen) atoms. The third kappa shape index (κ3) is 1.60. The molecule has 7 nitrogen and oxygen atoms in total. The van der Waals surface area contributed by atoms with Crippen LogP contribution in [-0.4, -0.2) is 36.0 Å². The zero-order valence-electron chi connectivity index (χ0n) is 9.32. The Bertz CT molecular complexity index is 498. The van der Waals surface area contributed by atoms with E-state index in [2.05, 4.69) is 20.6 Å². The highest BCUT2D eigenvalue weighted by molar-refractivity contribution is 5.77. The maximum atomic E-state index is 11.9. The molecule has 0 aliphatic carbocycles. The highest BCUT2D eigenvalue weighted by atomic mass is 16.2. The van der Waals surface area contributed by atoms with Crippen molar-refractivity contribution in [3.63, 3.8) is 0 Å². The first-order valence-electron chi connectivity index (χ1n) is 4.94. The number of nitrogens with zero attached hydrogens (tertiary/aromatic N) is 6. The van der Waals surface area contributed by atoms with Crippen molar-refractivity contribution in [3.8, 4) is 0 Å². The van der Waals surface area contributed by atoms with Crippen molar-refractivity contribution in [2.45, 2.75) is 26.7 Å². The van der Waals surface area contributed by atoms with Gasteiger partial charge in [-0.3, -0.25) is 0 Å². The highest BCUT2D eigenvalue weighted by Gasteiger charge is 2.18. The quantitative estimate of drug-likeness (QED) is 0.710. The minimum Gasteiger partial charge on any atom is -0.243 e. The Hall–Kier alpha value is -2.05. The highest BCUT2D eigenvalue weighted by Crippen LogP contribution is 2.15. The Morgan fingerprint density at radius 2 is 2.12 bits per heavy atom. The van der Waals surface area contributed by atoms with Crippen LogP contribution >= 0.6 is 0 Å². The molecule has 0 amide bonds. The molecule has 2 aromatic rings. The number of carbonyl (C=O) groups is 1. The summed E-state index contributed by atoms with van der Waals surface area (Å²) in [6.07, 6.45) is 2.91. The van der Waals surface area contributed by atoms with Gasteiger partial charge in [0, 0.05) is 0 Å². The molecule has 0 saturated heterocycles. The maximum Gasteiger partial charge on any atom is 0.372 e. The normalized spacial score (nSPS) is 11.0. The molecule has 0 aliphatic rings. The predicted molar refractivity (Wildman–Crippen MR) is 55.1 cm³/mol. The third-order valence-corrected chi connectivity index (χ3v) is 2.28. The molecule has 2 aromatic heterocycles. The zero-order valence-corrected chi connectivity index (χ0v) is 9.32. The molecule has 0 N–H and O–H groups in total. The van der Waals surface area contributed by atoms with Crippen molar-refractivity contribution in [1.82, 2.24) is 30.0 Å². The van der Waals surface area contributed by atoms with Crippen molar-refractivity contribution in [2.24, 2.45) is 0 Å². The van der Waals surface area contributed by atoms with Gasteiger partial charge in [-0.2, -0.15) is 9.36 Å². The van der Waals surface area contributed by atoms with Gasteiger partial charge in [-0.1, -0.05) is 24.3 Å². The second kappa shape index (κ2) is 3.84. The molecule has 0 fully saturated rings. The van der Waals surface area contributed by atoms with E-state index in [1.165, 1.54) is 17.1 Å². The zero-order chi connectivity index (χ0) is 11.7. The van der Waals surface area contributed by atoms with Crippen LogP contribution in [0, 0.1) is 6.92 Å². The van der Waals surface area contributed by atoms with E-state index in [1.54, 1.807) is 0 Å². The Morgan fingerprint density at radius 3 is 2.62 bits per heavy atom. The Morgan fingerprint density at radius 1 is 1.38 bits per heavy atom. The Labute approximate surface area is 92.1 Å². The summed E-state index contributed by atoms with van der Waals surface area (Å²) in [7, 11) is 0. The number of hydrogen-bond acceptors (Lipinski definition) is 5. The number of hydrogen-bond donors (Lipinski definition) is 0. The van der Waals surface area contributed by atoms with E-state index in [-0.39, 0.29) is 11.9 Å². The van der Waals surface area contributed by atoms with Crippen molar-refractivity contribution >= 4 is 6.03 Å². The van der Waals surface area contributed by atoms with E-state index >= 15 is 0 Å². The molecule has 2 heterocycles. The monoisotopic (exact) mass is 220 g/mol. The SMILES string of the molecule is Cc1c(C(C)C)nnn1C(=O)n1ccnn1. The largest absolute Gasteiger partial charge is 0.372 e. The number of aromatic nitrogens is 6. The lowest BCUT2D eigenvalue weighted by atomic mass is 10.1. The van der Waals surface area contributed by atoms with E-state index in [1.807, 2.05) is 20.8 Å². The molecule has 2 rings (SSSR count). The molecule has 0 bridgehead atoms. The number of carbonyl (C=O) groups excluding carboxylic acids is 1. The fraction of sp³-hybridized carbons (Fsp3) is 0.444. The topological polar surface area (TPSA) is 78.5 Å². The molecule has 0 aliphatic heterocycles. The Kier molecular flexibility index (Phi) is 2.51. The van der Waals surface area contributed by atoms with Crippen LogP contribution in [0.3, 0.4) is 0 Å². The van der Waals surface area contributed by atoms with Gasteiger partial charge in [-0.05, 0) is 12.8 Å². The molecular weight excluding hydrogens is 208 g/mol. The van der Waals surface area contributed by atoms with Crippen molar-refractivity contribution < 1.29 is 4.79 Å². The minimum atomic E-state index is -0.380. The molecule has 0 saturated carbocycles. The third-order valence-electron chi connectivity index (χ3n) is 2.28. The first-order chi connectivity index (χ1) is 7.61. The number of rotatable bonds is 1. The van der Waals surface area contributed by atoms with Crippen LogP contribution in [0.1, 0.15) is 31.2 Å². The fourth-order valence-electron chi connectivity index (χ4n) is 1.46. The smallest absolute Gasteiger partial charge is 0.243 e. The summed E-state index contributed by atoms with van der Waals surface area (Å²) in [5.41, 5.74) is 1.55. The Balaban J connectivity index is 2.39. The summed E-state index contributed by atoms with van der Waals surface area (Å²) in [5, 5.41) is 15.0. The van der Waals surface area contributed by atoms with Gasteiger partial charge < -0.3 is 0 Å². The molecule has 0 spiro atoms. The van der Waals surface area contributed by atoms with E-state index < -0.39 is 0 Å². The molecule has 0 radical (unpaired) electrons. The van der Waals surface area contributed by atoms with Crippen LogP contribution in [0.5, 0.6) is 0 Å². The van der Waals surface area contributed by atoms with Crippen molar-refractivity contribution in [2.75, 3.05) is 0 Å². The van der Waals surface area contributed by atoms with Crippen molar-refractivity contribution in [3.05, 3.63) is 23.8 Å². The van der Waals surface area contributed by atoms with Gasteiger partial charge in [-0.25, -0.2) is 4.79 Å². The van der Waals surface area contributed by atoms with Crippen LogP contribution < -0.4 is 0 Å². The second-order valence-corrected chi connectivity index (χ2v) is 3.76. The van der Waals surface area contributed by atoms with Crippen molar-refractivity contribution in [1.29, 1.82) is 0 Å². The van der Waals surface area contributed by atoms with E-state index in [0.717, 1.165) is 16.1 Å². The van der Waals surface area contributed by atoms with Gasteiger partial charge in [0.25, 0.3) is 0 Å². The average Bonchev–Trinajstić information content (AvgIpc) is 2.84. The standard InChI is InChI=1S/C9H12N6O/c1-6(2)8-7(3)15(13-11-8)9(16)14-5-4-10-12-14/h4-6H,1-3H3.